The second kappa shape index (κ2) is 67.4. The minimum atomic E-state index is -1.72. The quantitative estimate of drug-likeness (QED) is 0.0154. The molecule has 0 saturated heterocycles. The smallest absolute Gasteiger partial charge is 0.407 e. The highest BCUT2D eigenvalue weighted by atomic mass is 35.6. The van der Waals surface area contributed by atoms with E-state index in [9.17, 15) is 52.7 Å². The summed E-state index contributed by atoms with van der Waals surface area (Å²) in [6.07, 6.45) is 31.5. The first-order valence-corrected chi connectivity index (χ1v) is 38.4. The maximum Gasteiger partial charge on any atom is 0.407 e. The Morgan fingerprint density at radius 2 is 0.535 bits per heavy atom. The zero-order valence-corrected chi connectivity index (χ0v) is 62.0. The van der Waals surface area contributed by atoms with Gasteiger partial charge in [0.15, 0.2) is 0 Å². The van der Waals surface area contributed by atoms with Crippen molar-refractivity contribution in [1.29, 1.82) is 0 Å². The fraction of sp³-hybridized carbons (Fsp3) is 0.845. The number of halogens is 3. The Morgan fingerprint density at radius 3 is 0.818 bits per heavy atom. The Bertz CT molecular complexity index is 2070. The lowest BCUT2D eigenvalue weighted by Crippen LogP contribution is -2.58. The lowest BCUT2D eigenvalue weighted by molar-refractivity contribution is -0.138. The van der Waals surface area contributed by atoms with Gasteiger partial charge in [-0.1, -0.05) is 163 Å². The van der Waals surface area contributed by atoms with Crippen molar-refractivity contribution >= 4 is 100 Å². The monoisotopic (exact) mass is 1470 g/mol. The molecule has 0 aromatic heterocycles. The minimum Gasteiger partial charge on any atom is -0.481 e. The number of hydrogen-bond donors (Lipinski definition) is 10. The van der Waals surface area contributed by atoms with Crippen molar-refractivity contribution in [3.05, 3.63) is 0 Å². The number of alkyl carbamates (subject to hydrolysis) is 1. The van der Waals surface area contributed by atoms with E-state index in [1.165, 1.54) is 0 Å². The number of aldehydes is 1. The number of carbonyl (C=O) groups excluding carboxylic acids is 9. The molecule has 28 heteroatoms. The molecule has 0 rings (SSSR count). The second-order valence-corrected chi connectivity index (χ2v) is 28.2. The summed E-state index contributed by atoms with van der Waals surface area (Å²) < 4.78 is 21.6. The number of nitrogens with one attached hydrogen (secondary N) is 8. The Labute approximate surface area is 605 Å². The molecule has 0 saturated carbocycles. The van der Waals surface area contributed by atoms with E-state index in [1.54, 1.807) is 0 Å². The standard InChI is InChI=1S/C71H127Cl3N8O17/c72-71(73,74)59-99-69(95)81-51-34-19-5-10-25-39-66(90)82-70(58-98-55-44-65(89)80-50-33-20-13-24-38-62(86)75-45-28-14-1-2-21-35-52-83,56-96-53-42-63(87)78-48-31-15-3-8-22-36-60(84)76-46-29-17-6-11-26-40-67(91)92)57-97-54-43-64(88)79-49-32-16-4-9-23-37-61(85)77-47-30-18-7-12-27-41-68(93)94/h52H,1-51,53-59H2,(H,75,86)(H,76,84)(H,77,85)(H,78,87)(H,79,88)(H,80,89)(H,81,95)(H,82,90)(H,91,92)(H,93,94). The average Bonchev–Trinajstić information content (AvgIpc) is 0.867. The molecule has 0 unspecified atom stereocenters. The van der Waals surface area contributed by atoms with Gasteiger partial charge in [0, 0.05) is 110 Å². The van der Waals surface area contributed by atoms with Crippen LogP contribution in [0.15, 0.2) is 0 Å². The van der Waals surface area contributed by atoms with Crippen LogP contribution in [0.2, 0.25) is 0 Å². The summed E-state index contributed by atoms with van der Waals surface area (Å²) in [6, 6.07) is 0. The predicted molar refractivity (Wildman–Crippen MR) is 386 cm³/mol. The van der Waals surface area contributed by atoms with Gasteiger partial charge in [-0.2, -0.15) is 0 Å². The van der Waals surface area contributed by atoms with E-state index in [4.69, 9.17) is 64.0 Å². The number of rotatable bonds is 72. The van der Waals surface area contributed by atoms with Crippen LogP contribution in [-0.2, 0) is 66.9 Å². The number of hydrogen-bond acceptors (Lipinski definition) is 15. The van der Waals surface area contributed by atoms with Crippen LogP contribution >= 0.6 is 34.8 Å². The van der Waals surface area contributed by atoms with E-state index in [0.717, 1.165) is 192 Å². The third kappa shape index (κ3) is 69.8. The van der Waals surface area contributed by atoms with Gasteiger partial charge in [-0.05, 0) is 89.9 Å². The fourth-order valence-corrected chi connectivity index (χ4v) is 10.7. The van der Waals surface area contributed by atoms with Crippen LogP contribution in [0.25, 0.3) is 0 Å². The molecule has 0 bridgehead atoms. The van der Waals surface area contributed by atoms with Gasteiger partial charge < -0.3 is 76.5 Å². The Hall–Kier alpha value is -5.08. The van der Waals surface area contributed by atoms with Gasteiger partial charge >= 0.3 is 18.0 Å². The molecule has 25 nitrogen and oxygen atoms in total. The van der Waals surface area contributed by atoms with Gasteiger partial charge in [-0.15, -0.1) is 0 Å². The van der Waals surface area contributed by atoms with Crippen LogP contribution in [-0.4, -0.2) is 177 Å². The number of unbranched alkanes of at least 4 members (excludes halogenated alkanes) is 28. The Balaban J connectivity index is 5.50. The van der Waals surface area contributed by atoms with Crippen molar-refractivity contribution in [2.45, 2.75) is 292 Å². The number of carboxylic acid groups (broad SMARTS) is 2. The van der Waals surface area contributed by atoms with Crippen LogP contribution < -0.4 is 42.5 Å². The summed E-state index contributed by atoms with van der Waals surface area (Å²) in [4.78, 5) is 133. The molecule has 574 valence electrons. The fourth-order valence-electron chi connectivity index (χ4n) is 10.5. The summed E-state index contributed by atoms with van der Waals surface area (Å²) in [5.41, 5.74) is -1.29. The third-order valence-corrected chi connectivity index (χ3v) is 16.6. The van der Waals surface area contributed by atoms with E-state index < -0.39 is 27.4 Å². The van der Waals surface area contributed by atoms with E-state index in [2.05, 4.69) is 42.5 Å². The predicted octanol–water partition coefficient (Wildman–Crippen LogP) is 11.2. The largest absolute Gasteiger partial charge is 0.481 e. The number of ether oxygens (including phenoxy) is 4. The molecule has 99 heavy (non-hydrogen) atoms. The molecule has 0 spiro atoms. The zero-order valence-electron chi connectivity index (χ0n) is 59.7. The first-order chi connectivity index (χ1) is 47.8. The molecule has 0 aromatic carbocycles. The summed E-state index contributed by atoms with van der Waals surface area (Å²) in [6.45, 7) is 2.93. The lowest BCUT2D eigenvalue weighted by Gasteiger charge is -2.34. The first-order valence-electron chi connectivity index (χ1n) is 37.2. The van der Waals surface area contributed by atoms with Crippen LogP contribution in [0, 0.1) is 0 Å². The van der Waals surface area contributed by atoms with Gasteiger partial charge in [0.05, 0.1) is 39.6 Å². The molecular formula is C71H127Cl3N8O17. The number of aliphatic carboxylic acids is 2. The van der Waals surface area contributed by atoms with Crippen molar-refractivity contribution < 1.29 is 81.9 Å². The summed E-state index contributed by atoms with van der Waals surface area (Å²) in [7, 11) is 0. The lowest BCUT2D eigenvalue weighted by atomic mass is 10.0. The second-order valence-electron chi connectivity index (χ2n) is 25.7. The molecule has 0 aromatic rings. The van der Waals surface area contributed by atoms with Crippen LogP contribution in [0.3, 0.4) is 0 Å². The summed E-state index contributed by atoms with van der Waals surface area (Å²) >= 11 is 17.0. The normalized spacial score (nSPS) is 11.3. The van der Waals surface area contributed by atoms with Crippen LogP contribution in [0.5, 0.6) is 0 Å². The van der Waals surface area contributed by atoms with Gasteiger partial charge in [0.2, 0.25) is 45.1 Å². The first kappa shape index (κ1) is 93.9. The highest BCUT2D eigenvalue weighted by Crippen LogP contribution is 2.26. The SMILES string of the molecule is O=CCCCCCCCNC(=O)CCCCCCNC(=O)CCOCC(COCCC(=O)NCCCCCCCC(=O)NCCCCCCCC(=O)O)(COCCC(=O)NCCCCCCCC(=O)NCCCCCCCC(=O)O)NC(=O)CCCCCCCNC(=O)OCC(Cl)(Cl)Cl. The van der Waals surface area contributed by atoms with Gasteiger partial charge in [-0.3, -0.25) is 43.2 Å². The van der Waals surface area contributed by atoms with E-state index >= 15 is 0 Å². The molecule has 0 aliphatic carbocycles. The number of carbonyl (C=O) groups is 11. The molecule has 0 radical (unpaired) electrons. The minimum absolute atomic E-state index is 0.00944. The van der Waals surface area contributed by atoms with Crippen LogP contribution in [0.4, 0.5) is 4.79 Å². The topological polar surface area (TPSA) is 361 Å². The summed E-state index contributed by atoms with van der Waals surface area (Å²) in [5.74, 6) is -2.39. The molecule has 0 fully saturated rings. The van der Waals surface area contributed by atoms with Crippen molar-refractivity contribution in [2.24, 2.45) is 0 Å². The highest BCUT2D eigenvalue weighted by Gasteiger charge is 2.34. The highest BCUT2D eigenvalue weighted by molar-refractivity contribution is 6.67. The van der Waals surface area contributed by atoms with Crippen molar-refractivity contribution in [3.8, 4) is 0 Å². The van der Waals surface area contributed by atoms with E-state index in [0.29, 0.717) is 104 Å². The molecule has 0 aliphatic heterocycles. The third-order valence-electron chi connectivity index (χ3n) is 16.2. The van der Waals surface area contributed by atoms with Crippen LogP contribution in [0.1, 0.15) is 283 Å². The van der Waals surface area contributed by atoms with Crippen molar-refractivity contribution in [1.82, 2.24) is 42.5 Å². The van der Waals surface area contributed by atoms with Gasteiger partial charge in [0.1, 0.15) is 18.4 Å². The molecule has 8 amide bonds. The summed E-state index contributed by atoms with van der Waals surface area (Å²) in [5, 5.41) is 40.9. The maximum atomic E-state index is 13.8. The van der Waals surface area contributed by atoms with Gasteiger partial charge in [0.25, 0.3) is 0 Å². The molecular weight excluding hydrogens is 1340 g/mol. The Morgan fingerprint density at radius 1 is 0.293 bits per heavy atom. The molecule has 0 heterocycles. The molecule has 10 N–H and O–H groups in total. The van der Waals surface area contributed by atoms with Crippen molar-refractivity contribution in [2.75, 3.05) is 92.1 Å². The number of alkyl halides is 3. The van der Waals surface area contributed by atoms with Gasteiger partial charge in [-0.25, -0.2) is 4.79 Å². The zero-order chi connectivity index (χ0) is 73.0. The van der Waals surface area contributed by atoms with Crippen molar-refractivity contribution in [3.63, 3.8) is 0 Å². The number of carboxylic acids is 2. The molecule has 0 aliphatic rings. The molecule has 0 atom stereocenters. The van der Waals surface area contributed by atoms with E-state index in [-0.39, 0.29) is 126 Å². The van der Waals surface area contributed by atoms with E-state index in [1.807, 2.05) is 0 Å². The average molecular weight is 1470 g/mol. The number of amides is 8. The Kier molecular flexibility index (Phi) is 64.0. The maximum absolute atomic E-state index is 13.8.